The Morgan fingerprint density at radius 1 is 1.41 bits per heavy atom. The summed E-state index contributed by atoms with van der Waals surface area (Å²) in [5, 5.41) is 3.18. The summed E-state index contributed by atoms with van der Waals surface area (Å²) < 4.78 is 0. The van der Waals surface area contributed by atoms with E-state index in [1.165, 1.54) is 5.56 Å². The topological polar surface area (TPSA) is 41.5 Å². The quantitative estimate of drug-likeness (QED) is 0.832. The largest absolute Gasteiger partial charge is 0.352 e. The van der Waals surface area contributed by atoms with Crippen molar-refractivity contribution in [1.29, 1.82) is 0 Å². The lowest BCUT2D eigenvalue weighted by Crippen LogP contribution is -2.16. The van der Waals surface area contributed by atoms with Gasteiger partial charge in [0.1, 0.15) is 0 Å². The first-order valence-electron chi connectivity index (χ1n) is 5.69. The van der Waals surface area contributed by atoms with Crippen LogP contribution >= 0.6 is 11.8 Å². The van der Waals surface area contributed by atoms with Gasteiger partial charge in [-0.3, -0.25) is 9.79 Å². The minimum atomic E-state index is 0.0615. The predicted molar refractivity (Wildman–Crippen MR) is 72.3 cm³/mol. The molecule has 3 unspecified atom stereocenters. The van der Waals surface area contributed by atoms with Gasteiger partial charge in [-0.05, 0) is 25.0 Å². The standard InChI is InChI=1S/C13H16N2OS/c1-9(14-7-16)11-3-5-12(6-4-11)13-10(2)15-8-17-13/h3-10,13H,1-2H3,(H,14,16). The van der Waals surface area contributed by atoms with Gasteiger partial charge in [-0.15, -0.1) is 11.8 Å². The van der Waals surface area contributed by atoms with Gasteiger partial charge in [0.15, 0.2) is 0 Å². The van der Waals surface area contributed by atoms with E-state index in [0.29, 0.717) is 11.3 Å². The summed E-state index contributed by atoms with van der Waals surface area (Å²) in [4.78, 5) is 14.7. The molecule has 90 valence electrons. The number of carbonyl (C=O) groups excluding carboxylic acids is 1. The average molecular weight is 248 g/mol. The van der Waals surface area contributed by atoms with E-state index in [0.717, 1.165) is 12.0 Å². The number of hydrogen-bond acceptors (Lipinski definition) is 3. The Morgan fingerprint density at radius 2 is 2.12 bits per heavy atom. The van der Waals surface area contributed by atoms with Crippen LogP contribution in [0.3, 0.4) is 0 Å². The number of amides is 1. The summed E-state index contributed by atoms with van der Waals surface area (Å²) in [7, 11) is 0. The maximum Gasteiger partial charge on any atom is 0.207 e. The SMILES string of the molecule is CC(NC=O)c1ccc(C2SC=NC2C)cc1. The van der Waals surface area contributed by atoms with Crippen LogP contribution in [-0.2, 0) is 4.79 Å². The van der Waals surface area contributed by atoms with Crippen LogP contribution in [0.2, 0.25) is 0 Å². The molecule has 0 bridgehead atoms. The second kappa shape index (κ2) is 5.36. The molecule has 0 fully saturated rings. The zero-order valence-electron chi connectivity index (χ0n) is 9.96. The van der Waals surface area contributed by atoms with Crippen LogP contribution in [-0.4, -0.2) is 18.0 Å². The van der Waals surface area contributed by atoms with Crippen LogP contribution in [0.4, 0.5) is 0 Å². The fourth-order valence-electron chi connectivity index (χ4n) is 1.92. The third-order valence-corrected chi connectivity index (χ3v) is 4.23. The number of hydrogen-bond donors (Lipinski definition) is 1. The molecule has 0 radical (unpaired) electrons. The molecule has 0 aliphatic carbocycles. The third-order valence-electron chi connectivity index (χ3n) is 3.02. The van der Waals surface area contributed by atoms with Gasteiger partial charge in [-0.2, -0.15) is 0 Å². The van der Waals surface area contributed by atoms with Crippen LogP contribution in [0.25, 0.3) is 0 Å². The van der Waals surface area contributed by atoms with Crippen LogP contribution in [0.1, 0.15) is 36.3 Å². The number of thioether (sulfide) groups is 1. The van der Waals surface area contributed by atoms with Crippen molar-refractivity contribution in [2.75, 3.05) is 0 Å². The van der Waals surface area contributed by atoms with E-state index in [4.69, 9.17) is 0 Å². The number of aliphatic imine (C=N–C) groups is 1. The van der Waals surface area contributed by atoms with E-state index >= 15 is 0 Å². The predicted octanol–water partition coefficient (Wildman–Crippen LogP) is 2.70. The van der Waals surface area contributed by atoms with Crippen molar-refractivity contribution in [3.8, 4) is 0 Å². The Labute approximate surface area is 106 Å². The van der Waals surface area contributed by atoms with Crippen molar-refractivity contribution < 1.29 is 4.79 Å². The Morgan fingerprint density at radius 3 is 2.65 bits per heavy atom. The monoisotopic (exact) mass is 248 g/mol. The van der Waals surface area contributed by atoms with Gasteiger partial charge in [0.25, 0.3) is 0 Å². The van der Waals surface area contributed by atoms with E-state index in [-0.39, 0.29) is 6.04 Å². The second-order valence-electron chi connectivity index (χ2n) is 4.22. The fraction of sp³-hybridized carbons (Fsp3) is 0.385. The molecule has 1 aromatic rings. The Kier molecular flexibility index (Phi) is 3.84. The highest BCUT2D eigenvalue weighted by atomic mass is 32.2. The summed E-state index contributed by atoms with van der Waals surface area (Å²) in [6.45, 7) is 4.10. The number of benzene rings is 1. The number of nitrogens with zero attached hydrogens (tertiary/aromatic N) is 1. The van der Waals surface area contributed by atoms with Crippen LogP contribution < -0.4 is 5.32 Å². The molecule has 1 amide bonds. The maximum absolute atomic E-state index is 10.4. The Hall–Kier alpha value is -1.29. The van der Waals surface area contributed by atoms with E-state index in [1.807, 2.05) is 12.5 Å². The number of carbonyl (C=O) groups is 1. The lowest BCUT2D eigenvalue weighted by atomic mass is 10.0. The highest BCUT2D eigenvalue weighted by Gasteiger charge is 2.22. The maximum atomic E-state index is 10.4. The van der Waals surface area contributed by atoms with Crippen molar-refractivity contribution in [3.63, 3.8) is 0 Å². The molecular weight excluding hydrogens is 232 g/mol. The summed E-state index contributed by atoms with van der Waals surface area (Å²) in [6.07, 6.45) is 0.737. The lowest BCUT2D eigenvalue weighted by Gasteiger charge is -2.15. The van der Waals surface area contributed by atoms with E-state index < -0.39 is 0 Å². The molecule has 0 saturated carbocycles. The van der Waals surface area contributed by atoms with Crippen molar-refractivity contribution in [1.82, 2.24) is 5.32 Å². The first-order chi connectivity index (χ1) is 8.22. The Bertz CT molecular complexity index is 416. The first-order valence-corrected chi connectivity index (χ1v) is 6.63. The average Bonchev–Trinajstić information content (AvgIpc) is 2.76. The molecule has 2 rings (SSSR count). The summed E-state index contributed by atoms with van der Waals surface area (Å²) >= 11 is 1.76. The van der Waals surface area contributed by atoms with E-state index in [9.17, 15) is 4.79 Å². The third kappa shape index (κ3) is 2.69. The highest BCUT2D eigenvalue weighted by Crippen LogP contribution is 2.36. The second-order valence-corrected chi connectivity index (χ2v) is 5.22. The molecule has 17 heavy (non-hydrogen) atoms. The van der Waals surface area contributed by atoms with Crippen molar-refractivity contribution in [2.45, 2.75) is 31.2 Å². The minimum Gasteiger partial charge on any atom is -0.352 e. The zero-order chi connectivity index (χ0) is 12.3. The van der Waals surface area contributed by atoms with E-state index in [1.54, 1.807) is 11.8 Å². The minimum absolute atomic E-state index is 0.0615. The van der Waals surface area contributed by atoms with E-state index in [2.05, 4.69) is 41.5 Å². The molecule has 4 heteroatoms. The molecule has 1 aromatic carbocycles. The van der Waals surface area contributed by atoms with Gasteiger partial charge in [-0.25, -0.2) is 0 Å². The van der Waals surface area contributed by atoms with Crippen molar-refractivity contribution >= 4 is 23.7 Å². The number of rotatable bonds is 4. The fourth-order valence-corrected chi connectivity index (χ4v) is 2.92. The first kappa shape index (κ1) is 12.2. The van der Waals surface area contributed by atoms with Gasteiger partial charge in [-0.1, -0.05) is 24.3 Å². The summed E-state index contributed by atoms with van der Waals surface area (Å²) in [5.41, 5.74) is 4.35. The molecule has 3 nitrogen and oxygen atoms in total. The molecule has 0 saturated heterocycles. The van der Waals surface area contributed by atoms with Gasteiger partial charge in [0, 0.05) is 0 Å². The van der Waals surface area contributed by atoms with Gasteiger partial charge < -0.3 is 5.32 Å². The Balaban J connectivity index is 2.10. The lowest BCUT2D eigenvalue weighted by molar-refractivity contribution is -0.110. The molecule has 3 atom stereocenters. The molecule has 1 aliphatic rings. The molecule has 1 N–H and O–H groups in total. The smallest absolute Gasteiger partial charge is 0.207 e. The van der Waals surface area contributed by atoms with Crippen molar-refractivity contribution in [2.24, 2.45) is 4.99 Å². The molecule has 0 spiro atoms. The summed E-state index contributed by atoms with van der Waals surface area (Å²) in [5.74, 6) is 0. The zero-order valence-corrected chi connectivity index (χ0v) is 10.8. The van der Waals surface area contributed by atoms with Gasteiger partial charge in [0.2, 0.25) is 6.41 Å². The van der Waals surface area contributed by atoms with Gasteiger partial charge in [0.05, 0.1) is 22.9 Å². The van der Waals surface area contributed by atoms with Crippen LogP contribution in [0.15, 0.2) is 29.3 Å². The highest BCUT2D eigenvalue weighted by molar-refractivity contribution is 8.12. The molecule has 0 aromatic heterocycles. The van der Waals surface area contributed by atoms with Crippen LogP contribution in [0.5, 0.6) is 0 Å². The summed E-state index contributed by atoms with van der Waals surface area (Å²) in [6, 6.07) is 8.80. The molecule has 1 aliphatic heterocycles. The normalized spacial score (nSPS) is 24.6. The number of nitrogens with one attached hydrogen (secondary N) is 1. The van der Waals surface area contributed by atoms with Crippen LogP contribution in [0, 0.1) is 0 Å². The van der Waals surface area contributed by atoms with Crippen molar-refractivity contribution in [3.05, 3.63) is 35.4 Å². The molecule has 1 heterocycles. The molecular formula is C13H16N2OS. The van der Waals surface area contributed by atoms with Gasteiger partial charge >= 0.3 is 0 Å².